The van der Waals surface area contributed by atoms with Gasteiger partial charge >= 0.3 is 5.97 Å². The number of piperidine rings is 1. The second-order valence-electron chi connectivity index (χ2n) is 4.77. The Hall–Kier alpha value is -1.59. The normalized spacial score (nSPS) is 23.6. The van der Waals surface area contributed by atoms with Crippen molar-refractivity contribution in [3.05, 3.63) is 0 Å². The number of aliphatic carboxylic acids is 1. The predicted octanol–water partition coefficient (Wildman–Crippen LogP) is 0.226. The average molecular weight is 256 g/mol. The Morgan fingerprint density at radius 3 is 2.56 bits per heavy atom. The van der Waals surface area contributed by atoms with Crippen molar-refractivity contribution < 1.29 is 19.5 Å². The van der Waals surface area contributed by atoms with E-state index in [0.717, 1.165) is 0 Å². The fourth-order valence-corrected chi connectivity index (χ4v) is 2.27. The number of nitrogens with zero attached hydrogens (tertiary/aromatic N) is 1. The van der Waals surface area contributed by atoms with Gasteiger partial charge in [-0.2, -0.15) is 0 Å². The number of amides is 2. The average Bonchev–Trinajstić information content (AvgIpc) is 2.35. The minimum Gasteiger partial charge on any atom is -0.481 e. The number of hydrogen-bond acceptors (Lipinski definition) is 3. The van der Waals surface area contributed by atoms with Gasteiger partial charge in [-0.25, -0.2) is 0 Å². The number of hydrogen-bond donors (Lipinski definition) is 2. The molecule has 1 rings (SSSR count). The smallest absolute Gasteiger partial charge is 0.311 e. The molecule has 0 saturated carbocycles. The molecule has 1 aliphatic rings. The Bertz CT molecular complexity index is 356. The highest BCUT2D eigenvalue weighted by atomic mass is 16.4. The van der Waals surface area contributed by atoms with Gasteiger partial charge in [-0.3, -0.25) is 14.4 Å². The Labute approximate surface area is 106 Å². The number of carbonyl (C=O) groups excluding carboxylic acids is 2. The summed E-state index contributed by atoms with van der Waals surface area (Å²) in [5.41, 5.74) is -0.829. The van der Waals surface area contributed by atoms with Crippen molar-refractivity contribution in [3.63, 3.8) is 0 Å². The van der Waals surface area contributed by atoms with Gasteiger partial charge in [0.1, 0.15) is 0 Å². The van der Waals surface area contributed by atoms with E-state index in [1.807, 2.05) is 6.92 Å². The summed E-state index contributed by atoms with van der Waals surface area (Å²) in [5.74, 6) is -1.33. The molecule has 1 heterocycles. The topological polar surface area (TPSA) is 86.7 Å². The van der Waals surface area contributed by atoms with E-state index < -0.39 is 11.4 Å². The molecule has 1 unspecified atom stereocenters. The second-order valence-corrected chi connectivity index (χ2v) is 4.77. The van der Waals surface area contributed by atoms with Crippen molar-refractivity contribution >= 4 is 17.8 Å². The summed E-state index contributed by atoms with van der Waals surface area (Å²) < 4.78 is 0. The van der Waals surface area contributed by atoms with Gasteiger partial charge in [0.05, 0.1) is 12.0 Å². The van der Waals surface area contributed by atoms with Gasteiger partial charge in [-0.1, -0.05) is 6.92 Å². The van der Waals surface area contributed by atoms with Crippen molar-refractivity contribution in [1.29, 1.82) is 0 Å². The molecule has 0 aromatic carbocycles. The molecule has 0 aliphatic carbocycles. The minimum absolute atomic E-state index is 0.0608. The van der Waals surface area contributed by atoms with E-state index in [0.29, 0.717) is 25.8 Å². The summed E-state index contributed by atoms with van der Waals surface area (Å²) in [6.07, 6.45) is 1.79. The maximum Gasteiger partial charge on any atom is 0.311 e. The predicted molar refractivity (Wildman–Crippen MR) is 64.9 cm³/mol. The van der Waals surface area contributed by atoms with Crippen LogP contribution in [0.2, 0.25) is 0 Å². The van der Waals surface area contributed by atoms with Gasteiger partial charge < -0.3 is 15.3 Å². The SMILES string of the molecule is CCC1(C(=O)O)CCCN(C(=O)CNC(C)=O)C1. The molecule has 0 aromatic heterocycles. The lowest BCUT2D eigenvalue weighted by molar-refractivity contribution is -0.155. The maximum absolute atomic E-state index is 11.8. The molecule has 0 spiro atoms. The first kappa shape index (κ1) is 14.5. The fraction of sp³-hybridized carbons (Fsp3) is 0.750. The monoisotopic (exact) mass is 256 g/mol. The molecule has 6 nitrogen and oxygen atoms in total. The van der Waals surface area contributed by atoms with Crippen LogP contribution in [0.3, 0.4) is 0 Å². The van der Waals surface area contributed by atoms with Gasteiger partial charge in [0.25, 0.3) is 0 Å². The van der Waals surface area contributed by atoms with Gasteiger partial charge in [0, 0.05) is 20.0 Å². The van der Waals surface area contributed by atoms with Crippen LogP contribution in [0.25, 0.3) is 0 Å². The summed E-state index contributed by atoms with van der Waals surface area (Å²) in [4.78, 5) is 35.5. The van der Waals surface area contributed by atoms with E-state index in [-0.39, 0.29) is 24.9 Å². The molecule has 1 atom stereocenters. The first-order chi connectivity index (χ1) is 8.41. The van der Waals surface area contributed by atoms with E-state index in [9.17, 15) is 19.5 Å². The molecule has 1 fully saturated rings. The number of carbonyl (C=O) groups is 3. The molecular formula is C12H20N2O4. The first-order valence-electron chi connectivity index (χ1n) is 6.17. The Balaban J connectivity index is 2.65. The number of nitrogens with one attached hydrogen (secondary N) is 1. The van der Waals surface area contributed by atoms with E-state index in [1.165, 1.54) is 11.8 Å². The van der Waals surface area contributed by atoms with Gasteiger partial charge in [-0.05, 0) is 19.3 Å². The van der Waals surface area contributed by atoms with Crippen LogP contribution < -0.4 is 5.32 Å². The van der Waals surface area contributed by atoms with E-state index in [1.54, 1.807) is 0 Å². The summed E-state index contributed by atoms with van der Waals surface area (Å²) in [7, 11) is 0. The maximum atomic E-state index is 11.8. The zero-order chi connectivity index (χ0) is 13.8. The largest absolute Gasteiger partial charge is 0.481 e. The van der Waals surface area contributed by atoms with Gasteiger partial charge in [0.15, 0.2) is 0 Å². The molecule has 0 aromatic rings. The summed E-state index contributed by atoms with van der Waals surface area (Å²) in [6.45, 7) is 3.91. The number of likely N-dealkylation sites (tertiary alicyclic amines) is 1. The van der Waals surface area contributed by atoms with Crippen molar-refractivity contribution in [2.24, 2.45) is 5.41 Å². The van der Waals surface area contributed by atoms with Crippen molar-refractivity contribution in [2.75, 3.05) is 19.6 Å². The minimum atomic E-state index is -0.845. The zero-order valence-corrected chi connectivity index (χ0v) is 10.9. The van der Waals surface area contributed by atoms with Crippen LogP contribution in [0.15, 0.2) is 0 Å². The Morgan fingerprint density at radius 1 is 1.39 bits per heavy atom. The quantitative estimate of drug-likeness (QED) is 0.753. The third-order valence-corrected chi connectivity index (χ3v) is 3.55. The molecule has 1 saturated heterocycles. The lowest BCUT2D eigenvalue weighted by atomic mass is 9.77. The highest BCUT2D eigenvalue weighted by Gasteiger charge is 2.41. The van der Waals surface area contributed by atoms with Crippen LogP contribution in [0.1, 0.15) is 33.1 Å². The van der Waals surface area contributed by atoms with E-state index in [4.69, 9.17) is 0 Å². The summed E-state index contributed by atoms with van der Waals surface area (Å²) in [5, 5.41) is 11.7. The Kier molecular flexibility index (Phi) is 4.69. The number of carboxylic acids is 1. The van der Waals surface area contributed by atoms with E-state index in [2.05, 4.69) is 5.32 Å². The van der Waals surface area contributed by atoms with Crippen molar-refractivity contribution in [3.8, 4) is 0 Å². The lowest BCUT2D eigenvalue weighted by Gasteiger charge is -2.39. The van der Waals surface area contributed by atoms with Crippen molar-refractivity contribution in [2.45, 2.75) is 33.1 Å². The standard InChI is InChI=1S/C12H20N2O4/c1-3-12(11(17)18)5-4-6-14(8-12)10(16)7-13-9(2)15/h3-8H2,1-2H3,(H,13,15)(H,17,18). The van der Waals surface area contributed by atoms with Gasteiger partial charge in [0.2, 0.25) is 11.8 Å². The number of carboxylic acid groups (broad SMARTS) is 1. The first-order valence-corrected chi connectivity index (χ1v) is 6.17. The molecule has 2 N–H and O–H groups in total. The molecule has 18 heavy (non-hydrogen) atoms. The van der Waals surface area contributed by atoms with Crippen LogP contribution in [-0.2, 0) is 14.4 Å². The summed E-state index contributed by atoms with van der Waals surface area (Å²) >= 11 is 0. The molecule has 2 amide bonds. The highest BCUT2D eigenvalue weighted by molar-refractivity contribution is 5.84. The molecule has 102 valence electrons. The molecule has 1 aliphatic heterocycles. The molecule has 0 radical (unpaired) electrons. The molecular weight excluding hydrogens is 236 g/mol. The van der Waals surface area contributed by atoms with Crippen molar-refractivity contribution in [1.82, 2.24) is 10.2 Å². The zero-order valence-electron chi connectivity index (χ0n) is 10.9. The van der Waals surface area contributed by atoms with Crippen LogP contribution >= 0.6 is 0 Å². The van der Waals surface area contributed by atoms with Gasteiger partial charge in [-0.15, -0.1) is 0 Å². The van der Waals surface area contributed by atoms with Crippen LogP contribution in [0, 0.1) is 5.41 Å². The molecule has 0 bridgehead atoms. The lowest BCUT2D eigenvalue weighted by Crippen LogP contribution is -2.51. The Morgan fingerprint density at radius 2 is 2.06 bits per heavy atom. The second kappa shape index (κ2) is 5.84. The molecule has 6 heteroatoms. The summed E-state index contributed by atoms with van der Waals surface area (Å²) in [6, 6.07) is 0. The van der Waals surface area contributed by atoms with E-state index >= 15 is 0 Å². The third-order valence-electron chi connectivity index (χ3n) is 3.55. The highest BCUT2D eigenvalue weighted by Crippen LogP contribution is 2.33. The van der Waals surface area contributed by atoms with Crippen LogP contribution in [0.4, 0.5) is 0 Å². The third kappa shape index (κ3) is 3.21. The number of rotatable bonds is 4. The van der Waals surface area contributed by atoms with Crippen LogP contribution in [-0.4, -0.2) is 47.4 Å². The van der Waals surface area contributed by atoms with Crippen LogP contribution in [0.5, 0.6) is 0 Å². The fourth-order valence-electron chi connectivity index (χ4n) is 2.27.